The number of epoxide rings is 1. The smallest absolute Gasteiger partial charge is 0.109 e. The van der Waals surface area contributed by atoms with E-state index in [4.69, 9.17) is 4.74 Å². The fourth-order valence-corrected chi connectivity index (χ4v) is 6.27. The second kappa shape index (κ2) is 7.41. The SMILES string of the molecule is CCCCCCCC[C@@H]1O[C@]1(C(O)C(C)C)[Si](C)(C)C. The molecule has 1 N–H and O–H groups in total. The highest BCUT2D eigenvalue weighted by atomic mass is 28.3. The van der Waals surface area contributed by atoms with Gasteiger partial charge in [0, 0.05) is 0 Å². The zero-order valence-corrected chi connectivity index (χ0v) is 15.5. The molecule has 1 aliphatic heterocycles. The molecular formula is C17H36O2Si. The van der Waals surface area contributed by atoms with Gasteiger partial charge in [0.1, 0.15) is 5.22 Å². The molecule has 1 fully saturated rings. The van der Waals surface area contributed by atoms with Gasteiger partial charge in [0.2, 0.25) is 0 Å². The van der Waals surface area contributed by atoms with Crippen LogP contribution in [0.5, 0.6) is 0 Å². The van der Waals surface area contributed by atoms with Gasteiger partial charge in [-0.15, -0.1) is 0 Å². The van der Waals surface area contributed by atoms with Crippen molar-refractivity contribution in [2.45, 2.75) is 103 Å². The van der Waals surface area contributed by atoms with Crippen LogP contribution in [0, 0.1) is 5.92 Å². The van der Waals surface area contributed by atoms with Crippen LogP contribution in [-0.4, -0.2) is 30.6 Å². The van der Waals surface area contributed by atoms with Crippen molar-refractivity contribution < 1.29 is 9.84 Å². The molecule has 1 unspecified atom stereocenters. The van der Waals surface area contributed by atoms with E-state index in [1.807, 2.05) is 0 Å². The van der Waals surface area contributed by atoms with Crippen LogP contribution in [-0.2, 0) is 4.74 Å². The lowest BCUT2D eigenvalue weighted by Gasteiger charge is -2.33. The van der Waals surface area contributed by atoms with Crippen LogP contribution in [0.1, 0.15) is 65.7 Å². The van der Waals surface area contributed by atoms with Gasteiger partial charge in [-0.3, -0.25) is 0 Å². The Hall–Kier alpha value is 0.137. The van der Waals surface area contributed by atoms with Gasteiger partial charge in [0.15, 0.2) is 0 Å². The van der Waals surface area contributed by atoms with E-state index in [1.165, 1.54) is 38.5 Å². The van der Waals surface area contributed by atoms with E-state index in [2.05, 4.69) is 40.4 Å². The van der Waals surface area contributed by atoms with Gasteiger partial charge >= 0.3 is 0 Å². The van der Waals surface area contributed by atoms with Gasteiger partial charge in [-0.05, 0) is 12.3 Å². The van der Waals surface area contributed by atoms with Crippen molar-refractivity contribution >= 4 is 8.07 Å². The van der Waals surface area contributed by atoms with Crippen LogP contribution in [0.15, 0.2) is 0 Å². The van der Waals surface area contributed by atoms with Crippen molar-refractivity contribution in [2.24, 2.45) is 5.92 Å². The molecule has 0 bridgehead atoms. The molecular weight excluding hydrogens is 264 g/mol. The summed E-state index contributed by atoms with van der Waals surface area (Å²) in [6, 6.07) is 0. The van der Waals surface area contributed by atoms with Crippen LogP contribution in [0.2, 0.25) is 19.6 Å². The molecule has 0 saturated carbocycles. The zero-order chi connectivity index (χ0) is 15.4. The third kappa shape index (κ3) is 4.08. The fourth-order valence-electron chi connectivity index (χ4n) is 3.44. The van der Waals surface area contributed by atoms with Crippen LogP contribution in [0.3, 0.4) is 0 Å². The highest BCUT2D eigenvalue weighted by molar-refractivity contribution is 6.80. The number of hydrogen-bond donors (Lipinski definition) is 1. The molecule has 0 aliphatic carbocycles. The van der Waals surface area contributed by atoms with E-state index < -0.39 is 8.07 Å². The summed E-state index contributed by atoms with van der Waals surface area (Å²) in [6.07, 6.45) is 9.14. The molecule has 20 heavy (non-hydrogen) atoms. The third-order valence-electron chi connectivity index (χ3n) is 4.82. The standard InChI is InChI=1S/C17H36O2Si/c1-7-8-9-10-11-12-13-15-17(19-15,20(4,5)6)16(18)14(2)3/h14-16,18H,7-13H2,1-6H3/t15-,16?,17-/m0/s1. The largest absolute Gasteiger partial charge is 0.390 e. The Kier molecular flexibility index (Phi) is 6.74. The molecule has 0 aromatic carbocycles. The summed E-state index contributed by atoms with van der Waals surface area (Å²) in [5, 5.41) is 10.4. The first-order valence-electron chi connectivity index (χ1n) is 8.63. The second-order valence-electron chi connectivity index (χ2n) is 7.89. The Morgan fingerprint density at radius 3 is 2.10 bits per heavy atom. The Morgan fingerprint density at radius 1 is 1.05 bits per heavy atom. The molecule has 3 heteroatoms. The molecule has 1 aliphatic rings. The molecule has 0 amide bonds. The predicted octanol–water partition coefficient (Wildman–Crippen LogP) is 4.77. The van der Waals surface area contributed by atoms with Gasteiger partial charge in [0.25, 0.3) is 0 Å². The molecule has 1 heterocycles. The van der Waals surface area contributed by atoms with Crippen molar-refractivity contribution in [3.8, 4) is 0 Å². The highest BCUT2D eigenvalue weighted by Crippen LogP contribution is 2.51. The number of rotatable bonds is 10. The summed E-state index contributed by atoms with van der Waals surface area (Å²) in [7, 11) is -1.52. The summed E-state index contributed by atoms with van der Waals surface area (Å²) in [4.78, 5) is 0. The normalized spacial score (nSPS) is 27.9. The number of ether oxygens (including phenoxy) is 1. The van der Waals surface area contributed by atoms with Crippen LogP contribution < -0.4 is 0 Å². The molecule has 3 atom stereocenters. The van der Waals surface area contributed by atoms with Crippen molar-refractivity contribution in [3.05, 3.63) is 0 Å². The Morgan fingerprint density at radius 2 is 1.60 bits per heavy atom. The first kappa shape index (κ1) is 18.2. The lowest BCUT2D eigenvalue weighted by Crippen LogP contribution is -2.54. The van der Waals surface area contributed by atoms with Crippen LogP contribution in [0.4, 0.5) is 0 Å². The summed E-state index contributed by atoms with van der Waals surface area (Å²) < 4.78 is 6.13. The zero-order valence-electron chi connectivity index (χ0n) is 14.5. The van der Waals surface area contributed by atoms with E-state index in [1.54, 1.807) is 0 Å². The lowest BCUT2D eigenvalue weighted by molar-refractivity contribution is 0.0703. The monoisotopic (exact) mass is 300 g/mol. The molecule has 1 saturated heterocycles. The van der Waals surface area contributed by atoms with Gasteiger partial charge in [-0.2, -0.15) is 0 Å². The third-order valence-corrected chi connectivity index (χ3v) is 7.90. The van der Waals surface area contributed by atoms with Crippen LogP contribution in [0.25, 0.3) is 0 Å². The maximum atomic E-state index is 10.6. The fraction of sp³-hybridized carbons (Fsp3) is 1.00. The molecule has 2 nitrogen and oxygen atoms in total. The lowest BCUT2D eigenvalue weighted by atomic mass is 9.99. The summed E-state index contributed by atoms with van der Waals surface area (Å²) >= 11 is 0. The number of hydrogen-bond acceptors (Lipinski definition) is 2. The quantitative estimate of drug-likeness (QED) is 0.358. The highest BCUT2D eigenvalue weighted by Gasteiger charge is 2.67. The van der Waals surface area contributed by atoms with E-state index in [0.29, 0.717) is 6.10 Å². The first-order chi connectivity index (χ1) is 9.27. The Labute approximate surface area is 127 Å². The average molecular weight is 301 g/mol. The molecule has 0 aromatic heterocycles. The van der Waals surface area contributed by atoms with Crippen molar-refractivity contribution in [2.75, 3.05) is 0 Å². The molecule has 0 aromatic rings. The average Bonchev–Trinajstić information content (AvgIpc) is 3.07. The second-order valence-corrected chi connectivity index (χ2v) is 13.2. The van der Waals surface area contributed by atoms with Crippen molar-refractivity contribution in [1.29, 1.82) is 0 Å². The molecule has 1 rings (SSSR count). The Bertz CT molecular complexity index is 285. The Balaban J connectivity index is 2.41. The van der Waals surface area contributed by atoms with E-state index in [0.717, 1.165) is 6.42 Å². The van der Waals surface area contributed by atoms with Gasteiger partial charge in [-0.1, -0.05) is 78.9 Å². The molecule has 0 spiro atoms. The first-order valence-corrected chi connectivity index (χ1v) is 12.1. The summed E-state index contributed by atoms with van der Waals surface area (Å²) in [6.45, 7) is 13.5. The van der Waals surface area contributed by atoms with Gasteiger partial charge in [-0.25, -0.2) is 0 Å². The van der Waals surface area contributed by atoms with Crippen molar-refractivity contribution in [3.63, 3.8) is 0 Å². The van der Waals surface area contributed by atoms with Gasteiger partial charge in [0.05, 0.1) is 20.3 Å². The molecule has 0 radical (unpaired) electrons. The van der Waals surface area contributed by atoms with E-state index >= 15 is 0 Å². The maximum absolute atomic E-state index is 10.6. The maximum Gasteiger partial charge on any atom is 0.109 e. The topological polar surface area (TPSA) is 32.8 Å². The summed E-state index contributed by atoms with van der Waals surface area (Å²) in [5.74, 6) is 0.288. The van der Waals surface area contributed by atoms with E-state index in [9.17, 15) is 5.11 Å². The number of aliphatic hydroxyl groups is 1. The summed E-state index contributed by atoms with van der Waals surface area (Å²) in [5.41, 5.74) is 0. The molecule has 120 valence electrons. The van der Waals surface area contributed by atoms with Gasteiger partial charge < -0.3 is 9.84 Å². The van der Waals surface area contributed by atoms with Crippen molar-refractivity contribution in [1.82, 2.24) is 0 Å². The number of unbranched alkanes of at least 4 members (excludes halogenated alkanes) is 5. The predicted molar refractivity (Wildman–Crippen MR) is 89.8 cm³/mol. The minimum absolute atomic E-state index is 0.176. The minimum atomic E-state index is -1.52. The minimum Gasteiger partial charge on any atom is -0.390 e. The van der Waals surface area contributed by atoms with E-state index in [-0.39, 0.29) is 17.2 Å². The number of aliphatic hydroxyl groups excluding tert-OH is 1. The van der Waals surface area contributed by atoms with Crippen LogP contribution >= 0.6 is 0 Å².